The Bertz CT molecular complexity index is 806. The van der Waals surface area contributed by atoms with Crippen LogP contribution in [0.2, 0.25) is 0 Å². The summed E-state index contributed by atoms with van der Waals surface area (Å²) >= 11 is 0. The van der Waals surface area contributed by atoms with Gasteiger partial charge in [-0.05, 0) is 42.9 Å². The van der Waals surface area contributed by atoms with Crippen LogP contribution < -0.4 is 5.32 Å². The third-order valence-electron chi connectivity index (χ3n) is 5.75. The summed E-state index contributed by atoms with van der Waals surface area (Å²) in [5.74, 6) is -0.526. The molecule has 0 bridgehead atoms. The largest absolute Gasteiger partial charge is 0.386 e. The van der Waals surface area contributed by atoms with Gasteiger partial charge in [0.15, 0.2) is 0 Å². The molecule has 3 atom stereocenters. The molecular formula is C21H22FNO2. The molecule has 130 valence electrons. The molecule has 2 aliphatic carbocycles. The van der Waals surface area contributed by atoms with E-state index in [1.54, 1.807) is 18.2 Å². The summed E-state index contributed by atoms with van der Waals surface area (Å²) in [6, 6.07) is 14.5. The number of carbonyl (C=O) groups excluding carboxylic acids is 1. The van der Waals surface area contributed by atoms with E-state index < -0.39 is 11.9 Å². The van der Waals surface area contributed by atoms with E-state index >= 15 is 0 Å². The normalized spacial score (nSPS) is 25.3. The number of carbonyl (C=O) groups is 1. The molecule has 2 aliphatic rings. The van der Waals surface area contributed by atoms with Crippen LogP contribution in [-0.2, 0) is 16.6 Å². The van der Waals surface area contributed by atoms with E-state index in [-0.39, 0.29) is 29.3 Å². The minimum absolute atomic E-state index is 0.0259. The third kappa shape index (κ3) is 2.85. The van der Waals surface area contributed by atoms with E-state index in [1.807, 2.05) is 6.07 Å². The van der Waals surface area contributed by atoms with Crippen LogP contribution in [0.1, 0.15) is 42.1 Å². The predicted molar refractivity (Wildman–Crippen MR) is 93.5 cm³/mol. The summed E-state index contributed by atoms with van der Waals surface area (Å²) in [5.41, 5.74) is 2.87. The summed E-state index contributed by atoms with van der Waals surface area (Å²) < 4.78 is 13.7. The molecule has 1 saturated carbocycles. The number of aliphatic hydroxyl groups excluding tert-OH is 1. The first kappa shape index (κ1) is 16.3. The number of amides is 1. The van der Waals surface area contributed by atoms with E-state index in [4.69, 9.17) is 0 Å². The molecule has 0 aliphatic heterocycles. The highest BCUT2D eigenvalue weighted by Crippen LogP contribution is 2.60. The van der Waals surface area contributed by atoms with Crippen LogP contribution in [0.5, 0.6) is 0 Å². The average molecular weight is 339 g/mol. The number of hydrogen-bond acceptors (Lipinski definition) is 2. The second-order valence-corrected chi connectivity index (χ2v) is 7.21. The van der Waals surface area contributed by atoms with Crippen molar-refractivity contribution in [2.24, 2.45) is 5.92 Å². The zero-order valence-corrected chi connectivity index (χ0v) is 14.0. The standard InChI is InChI=1S/C21H22FNO2/c22-18-10-4-2-8-15(18)19(24)13-23-20(25)17-12-21(17)11-5-7-14-6-1-3-9-16(14)21/h1-4,6,8-10,17,19,24H,5,7,11-13H2,(H,23,25). The first-order chi connectivity index (χ1) is 12.1. The van der Waals surface area contributed by atoms with Gasteiger partial charge in [0.25, 0.3) is 0 Å². The minimum Gasteiger partial charge on any atom is -0.386 e. The third-order valence-corrected chi connectivity index (χ3v) is 5.75. The van der Waals surface area contributed by atoms with Crippen molar-refractivity contribution in [3.05, 3.63) is 71.0 Å². The SMILES string of the molecule is O=C(NCC(O)c1ccccc1F)C1CC12CCCc1ccccc12. The second-order valence-electron chi connectivity index (χ2n) is 7.21. The van der Waals surface area contributed by atoms with Gasteiger partial charge in [0.2, 0.25) is 5.91 Å². The van der Waals surface area contributed by atoms with Crippen LogP contribution in [0, 0.1) is 11.7 Å². The van der Waals surface area contributed by atoms with Crippen LogP contribution in [0.25, 0.3) is 0 Å². The topological polar surface area (TPSA) is 49.3 Å². The number of fused-ring (bicyclic) bond motifs is 2. The van der Waals surface area contributed by atoms with Crippen LogP contribution in [0.4, 0.5) is 4.39 Å². The molecule has 25 heavy (non-hydrogen) atoms. The molecule has 2 aromatic carbocycles. The van der Waals surface area contributed by atoms with Crippen molar-refractivity contribution in [1.29, 1.82) is 0 Å². The smallest absolute Gasteiger partial charge is 0.224 e. The van der Waals surface area contributed by atoms with Crippen molar-refractivity contribution < 1.29 is 14.3 Å². The number of aryl methyl sites for hydroxylation is 1. The Balaban J connectivity index is 1.42. The lowest BCUT2D eigenvalue weighted by Gasteiger charge is -2.26. The fourth-order valence-corrected chi connectivity index (χ4v) is 4.35. The van der Waals surface area contributed by atoms with Gasteiger partial charge >= 0.3 is 0 Å². The molecule has 1 fully saturated rings. The molecule has 4 heteroatoms. The van der Waals surface area contributed by atoms with Gasteiger partial charge < -0.3 is 10.4 Å². The van der Waals surface area contributed by atoms with E-state index in [2.05, 4.69) is 23.5 Å². The molecule has 0 heterocycles. The average Bonchev–Trinajstić information content (AvgIpc) is 3.35. The maximum atomic E-state index is 13.7. The van der Waals surface area contributed by atoms with Crippen molar-refractivity contribution in [1.82, 2.24) is 5.32 Å². The van der Waals surface area contributed by atoms with Crippen molar-refractivity contribution >= 4 is 5.91 Å². The number of nitrogens with one attached hydrogen (secondary N) is 1. The Morgan fingerprint density at radius 3 is 2.84 bits per heavy atom. The van der Waals surface area contributed by atoms with Crippen molar-refractivity contribution in [3.8, 4) is 0 Å². The fourth-order valence-electron chi connectivity index (χ4n) is 4.35. The highest BCUT2D eigenvalue weighted by atomic mass is 19.1. The van der Waals surface area contributed by atoms with Crippen LogP contribution >= 0.6 is 0 Å². The lowest BCUT2D eigenvalue weighted by molar-refractivity contribution is -0.123. The van der Waals surface area contributed by atoms with Gasteiger partial charge in [-0.15, -0.1) is 0 Å². The van der Waals surface area contributed by atoms with Gasteiger partial charge in [-0.25, -0.2) is 4.39 Å². The van der Waals surface area contributed by atoms with E-state index in [1.165, 1.54) is 17.2 Å². The lowest BCUT2D eigenvalue weighted by Crippen LogP contribution is -2.33. The van der Waals surface area contributed by atoms with Gasteiger partial charge in [0.1, 0.15) is 5.82 Å². The van der Waals surface area contributed by atoms with Gasteiger partial charge in [-0.3, -0.25) is 4.79 Å². The number of halogens is 1. The summed E-state index contributed by atoms with van der Waals surface area (Å²) in [6.45, 7) is 0.0357. The number of benzene rings is 2. The molecular weight excluding hydrogens is 317 g/mol. The Kier molecular flexibility index (Phi) is 4.08. The number of hydrogen-bond donors (Lipinski definition) is 2. The molecule has 2 N–H and O–H groups in total. The van der Waals surface area contributed by atoms with Crippen LogP contribution in [0.15, 0.2) is 48.5 Å². The highest BCUT2D eigenvalue weighted by molar-refractivity contribution is 5.84. The molecule has 3 nitrogen and oxygen atoms in total. The molecule has 1 amide bonds. The Morgan fingerprint density at radius 1 is 1.24 bits per heavy atom. The van der Waals surface area contributed by atoms with Gasteiger partial charge in [0.05, 0.1) is 6.10 Å². The Morgan fingerprint density at radius 2 is 2.00 bits per heavy atom. The monoisotopic (exact) mass is 339 g/mol. The zero-order valence-electron chi connectivity index (χ0n) is 14.0. The fraction of sp³-hybridized carbons (Fsp3) is 0.381. The molecule has 0 aromatic heterocycles. The molecule has 0 saturated heterocycles. The first-order valence-electron chi connectivity index (χ1n) is 8.90. The van der Waals surface area contributed by atoms with E-state index in [0.717, 1.165) is 25.7 Å². The molecule has 0 radical (unpaired) electrons. The summed E-state index contributed by atoms with van der Waals surface area (Å²) in [5, 5.41) is 13.0. The Labute approximate surface area is 146 Å². The maximum absolute atomic E-state index is 13.7. The van der Waals surface area contributed by atoms with E-state index in [9.17, 15) is 14.3 Å². The highest BCUT2D eigenvalue weighted by Gasteiger charge is 2.59. The minimum atomic E-state index is -1.03. The molecule has 3 unspecified atom stereocenters. The lowest BCUT2D eigenvalue weighted by atomic mass is 9.78. The first-order valence-corrected chi connectivity index (χ1v) is 8.90. The summed E-state index contributed by atoms with van der Waals surface area (Å²) in [4.78, 5) is 12.6. The van der Waals surface area contributed by atoms with Crippen molar-refractivity contribution in [2.75, 3.05) is 6.54 Å². The van der Waals surface area contributed by atoms with Crippen LogP contribution in [-0.4, -0.2) is 17.6 Å². The van der Waals surface area contributed by atoms with Gasteiger partial charge in [0, 0.05) is 23.4 Å². The summed E-state index contributed by atoms with van der Waals surface area (Å²) in [7, 11) is 0. The van der Waals surface area contributed by atoms with Crippen molar-refractivity contribution in [2.45, 2.75) is 37.2 Å². The van der Waals surface area contributed by atoms with Crippen molar-refractivity contribution in [3.63, 3.8) is 0 Å². The molecule has 4 rings (SSSR count). The summed E-state index contributed by atoms with van der Waals surface area (Å²) in [6.07, 6.45) is 3.07. The second kappa shape index (κ2) is 6.26. The molecule has 1 spiro atoms. The number of aliphatic hydroxyl groups is 1. The van der Waals surface area contributed by atoms with Gasteiger partial charge in [-0.1, -0.05) is 42.5 Å². The van der Waals surface area contributed by atoms with Crippen LogP contribution in [0.3, 0.4) is 0 Å². The maximum Gasteiger partial charge on any atom is 0.224 e. The Hall–Kier alpha value is -2.20. The van der Waals surface area contributed by atoms with Gasteiger partial charge in [-0.2, -0.15) is 0 Å². The number of rotatable bonds is 4. The molecule has 2 aromatic rings. The van der Waals surface area contributed by atoms with E-state index in [0.29, 0.717) is 0 Å². The predicted octanol–water partition coefficient (Wildman–Crippen LogP) is 3.27. The zero-order chi connectivity index (χ0) is 17.4. The quantitative estimate of drug-likeness (QED) is 0.898.